The average molecular weight is 369 g/mol. The highest BCUT2D eigenvalue weighted by atomic mass is 19.4. The third kappa shape index (κ3) is 1.95. The van der Waals surface area contributed by atoms with E-state index in [-0.39, 0.29) is 23.1 Å². The second kappa shape index (κ2) is 4.99. The number of amides is 1. The summed E-state index contributed by atoms with van der Waals surface area (Å²) in [6, 6.07) is 3.91. The lowest BCUT2D eigenvalue weighted by Gasteiger charge is -2.42. The monoisotopic (exact) mass is 369 g/mol. The van der Waals surface area contributed by atoms with Crippen molar-refractivity contribution >= 4 is 11.6 Å². The van der Waals surface area contributed by atoms with Gasteiger partial charge in [-0.25, -0.2) is 0 Å². The number of alkyl halides is 3. The van der Waals surface area contributed by atoms with E-state index in [2.05, 4.69) is 0 Å². The molecule has 0 aliphatic carbocycles. The van der Waals surface area contributed by atoms with Gasteiger partial charge in [-0.1, -0.05) is 6.07 Å². The van der Waals surface area contributed by atoms with Crippen LogP contribution in [0, 0.1) is 18.8 Å². The Balaban J connectivity index is 1.59. The molecule has 1 amide bonds. The highest BCUT2D eigenvalue weighted by Crippen LogP contribution is 2.60. The number of hydrogen-bond donors (Lipinski definition) is 1. The second-order valence-electron chi connectivity index (χ2n) is 7.69. The van der Waals surface area contributed by atoms with Crippen LogP contribution in [-0.4, -0.2) is 41.7 Å². The molecule has 4 saturated heterocycles. The van der Waals surface area contributed by atoms with Crippen LogP contribution in [0.15, 0.2) is 18.2 Å². The van der Waals surface area contributed by atoms with Gasteiger partial charge in [0.05, 0.1) is 35.9 Å². The Labute approximate surface area is 147 Å². The Kier molecular flexibility index (Phi) is 3.17. The van der Waals surface area contributed by atoms with Crippen molar-refractivity contribution in [3.63, 3.8) is 0 Å². The standard InChI is InChI=1S/C18H18F3NO4/c1-8-2-3-9(6-10(8)18(19,20)21)22-15(24)12-13-16(22)25-5-4-17(13)7-11(23)14(12)26-17/h2-3,6,11-14,16,23H,4-5,7H2,1H3/t11-,12+,13+,14-,16+,17+/m0/s1. The molecule has 4 heterocycles. The minimum Gasteiger partial charge on any atom is -0.390 e. The summed E-state index contributed by atoms with van der Waals surface area (Å²) in [6.45, 7) is 1.73. The summed E-state index contributed by atoms with van der Waals surface area (Å²) in [5.41, 5.74) is -1.09. The van der Waals surface area contributed by atoms with Crippen molar-refractivity contribution in [1.82, 2.24) is 0 Å². The molecule has 5 nitrogen and oxygen atoms in total. The van der Waals surface area contributed by atoms with Crippen LogP contribution in [0.1, 0.15) is 24.0 Å². The smallest absolute Gasteiger partial charge is 0.390 e. The van der Waals surface area contributed by atoms with E-state index in [1.54, 1.807) is 0 Å². The number of nitrogens with zero attached hydrogens (tertiary/aromatic N) is 1. The molecule has 0 radical (unpaired) electrons. The fourth-order valence-corrected chi connectivity index (χ4v) is 5.30. The number of aliphatic hydroxyl groups excluding tert-OH is 1. The Morgan fingerprint density at radius 3 is 2.85 bits per heavy atom. The molecule has 2 bridgehead atoms. The number of hydrogen-bond acceptors (Lipinski definition) is 4. The van der Waals surface area contributed by atoms with Gasteiger partial charge in [-0.3, -0.25) is 9.69 Å². The Morgan fingerprint density at radius 2 is 2.12 bits per heavy atom. The molecule has 6 atom stereocenters. The van der Waals surface area contributed by atoms with Crippen molar-refractivity contribution in [2.45, 2.75) is 50.0 Å². The summed E-state index contributed by atoms with van der Waals surface area (Å²) < 4.78 is 51.7. The van der Waals surface area contributed by atoms with Crippen LogP contribution in [0.25, 0.3) is 0 Å². The number of halogens is 3. The minimum atomic E-state index is -4.49. The first kappa shape index (κ1) is 16.5. The number of anilines is 1. The Bertz CT molecular complexity index is 797. The number of fused-ring (bicyclic) bond motifs is 2. The van der Waals surface area contributed by atoms with Crippen LogP contribution >= 0.6 is 0 Å². The van der Waals surface area contributed by atoms with Crippen molar-refractivity contribution in [3.05, 3.63) is 29.3 Å². The summed E-state index contributed by atoms with van der Waals surface area (Å²) in [5.74, 6) is -1.16. The van der Waals surface area contributed by atoms with Crippen LogP contribution in [0.4, 0.5) is 18.9 Å². The first-order chi connectivity index (χ1) is 12.2. The van der Waals surface area contributed by atoms with E-state index in [1.807, 2.05) is 0 Å². The van der Waals surface area contributed by atoms with E-state index in [0.717, 1.165) is 6.07 Å². The molecule has 8 heteroatoms. The third-order valence-corrected chi connectivity index (χ3v) is 6.36. The molecule has 0 saturated carbocycles. The van der Waals surface area contributed by atoms with E-state index in [9.17, 15) is 23.1 Å². The molecule has 4 aliphatic heterocycles. The number of benzene rings is 1. The molecule has 1 spiro atoms. The van der Waals surface area contributed by atoms with E-state index < -0.39 is 41.7 Å². The molecular formula is C18H18F3NO4. The quantitative estimate of drug-likeness (QED) is 0.825. The summed E-state index contributed by atoms with van der Waals surface area (Å²) in [7, 11) is 0. The van der Waals surface area contributed by atoms with Gasteiger partial charge in [0, 0.05) is 24.4 Å². The lowest BCUT2D eigenvalue weighted by Crippen LogP contribution is -2.52. The molecular weight excluding hydrogens is 351 g/mol. The van der Waals surface area contributed by atoms with Gasteiger partial charge < -0.3 is 14.6 Å². The molecule has 1 aromatic rings. The van der Waals surface area contributed by atoms with Crippen molar-refractivity contribution in [2.24, 2.45) is 11.8 Å². The van der Waals surface area contributed by atoms with Crippen molar-refractivity contribution < 1.29 is 32.5 Å². The van der Waals surface area contributed by atoms with Gasteiger partial charge in [0.15, 0.2) is 0 Å². The highest BCUT2D eigenvalue weighted by Gasteiger charge is 2.73. The number of aliphatic hydroxyl groups is 1. The SMILES string of the molecule is Cc1ccc(N2C(=O)[C@H]3[C@H]4O[C@]5(CCO[C@@H]2[C@@H]35)C[C@@H]4O)cc1C(F)(F)F. The second-order valence-corrected chi connectivity index (χ2v) is 7.69. The lowest BCUT2D eigenvalue weighted by atomic mass is 9.69. The van der Waals surface area contributed by atoms with Gasteiger partial charge >= 0.3 is 6.18 Å². The van der Waals surface area contributed by atoms with Gasteiger partial charge in [-0.05, 0) is 24.6 Å². The minimum absolute atomic E-state index is 0.105. The van der Waals surface area contributed by atoms with Crippen molar-refractivity contribution in [3.8, 4) is 0 Å². The molecule has 0 unspecified atom stereocenters. The predicted molar refractivity (Wildman–Crippen MR) is 83.2 cm³/mol. The first-order valence-corrected chi connectivity index (χ1v) is 8.71. The molecule has 4 aliphatic rings. The first-order valence-electron chi connectivity index (χ1n) is 8.71. The lowest BCUT2D eigenvalue weighted by molar-refractivity contribution is -0.138. The van der Waals surface area contributed by atoms with Gasteiger partial charge in [0.2, 0.25) is 5.91 Å². The maximum atomic E-state index is 13.3. The summed E-state index contributed by atoms with van der Waals surface area (Å²) >= 11 is 0. The topological polar surface area (TPSA) is 59.0 Å². The van der Waals surface area contributed by atoms with Gasteiger partial charge in [0.25, 0.3) is 0 Å². The van der Waals surface area contributed by atoms with Crippen molar-refractivity contribution in [1.29, 1.82) is 0 Å². The summed E-state index contributed by atoms with van der Waals surface area (Å²) in [5, 5.41) is 10.2. The summed E-state index contributed by atoms with van der Waals surface area (Å²) in [6.07, 6.45) is -5.44. The highest BCUT2D eigenvalue weighted by molar-refractivity contribution is 5.99. The summed E-state index contributed by atoms with van der Waals surface area (Å²) in [4.78, 5) is 14.4. The molecule has 5 rings (SSSR count). The maximum Gasteiger partial charge on any atom is 0.416 e. The van der Waals surface area contributed by atoms with Crippen molar-refractivity contribution in [2.75, 3.05) is 11.5 Å². The van der Waals surface area contributed by atoms with Gasteiger partial charge in [0.1, 0.15) is 6.23 Å². The molecule has 1 aromatic carbocycles. The van der Waals surface area contributed by atoms with Gasteiger partial charge in [-0.15, -0.1) is 0 Å². The zero-order valence-electron chi connectivity index (χ0n) is 14.0. The van der Waals surface area contributed by atoms with Crippen LogP contribution in [-0.2, 0) is 20.4 Å². The Hall–Kier alpha value is -1.64. The number of carbonyl (C=O) groups excluding carboxylic acids is 1. The third-order valence-electron chi connectivity index (χ3n) is 6.36. The predicted octanol–water partition coefficient (Wildman–Crippen LogP) is 2.24. The van der Waals surface area contributed by atoms with Crippen LogP contribution < -0.4 is 4.90 Å². The van der Waals surface area contributed by atoms with E-state index >= 15 is 0 Å². The van der Waals surface area contributed by atoms with E-state index in [0.29, 0.717) is 19.4 Å². The number of aryl methyl sites for hydroxylation is 1. The Morgan fingerprint density at radius 1 is 1.35 bits per heavy atom. The molecule has 0 aromatic heterocycles. The fraction of sp³-hybridized carbons (Fsp3) is 0.611. The number of carbonyl (C=O) groups is 1. The average Bonchev–Trinajstić information content (AvgIpc) is 3.16. The van der Waals surface area contributed by atoms with Crippen LogP contribution in [0.5, 0.6) is 0 Å². The molecule has 140 valence electrons. The van der Waals surface area contributed by atoms with Crippen LogP contribution in [0.2, 0.25) is 0 Å². The number of ether oxygens (including phenoxy) is 2. The number of rotatable bonds is 1. The molecule has 1 N–H and O–H groups in total. The molecule has 26 heavy (non-hydrogen) atoms. The zero-order valence-corrected chi connectivity index (χ0v) is 14.0. The molecule has 4 fully saturated rings. The fourth-order valence-electron chi connectivity index (χ4n) is 5.30. The zero-order chi connectivity index (χ0) is 18.4. The maximum absolute atomic E-state index is 13.3. The van der Waals surface area contributed by atoms with Crippen LogP contribution in [0.3, 0.4) is 0 Å². The van der Waals surface area contributed by atoms with E-state index in [1.165, 1.54) is 24.0 Å². The van der Waals surface area contributed by atoms with Gasteiger partial charge in [-0.2, -0.15) is 13.2 Å². The normalized spacial score (nSPS) is 41.0. The van der Waals surface area contributed by atoms with E-state index in [4.69, 9.17) is 9.47 Å². The largest absolute Gasteiger partial charge is 0.416 e.